The fraction of sp³-hybridized carbons (Fsp3) is 0.944. The van der Waals surface area contributed by atoms with Gasteiger partial charge in [-0.15, -0.1) is 0 Å². The summed E-state index contributed by atoms with van der Waals surface area (Å²) in [6.45, 7) is 2.27. The fourth-order valence-electron chi connectivity index (χ4n) is 2.65. The van der Waals surface area contributed by atoms with Gasteiger partial charge in [-0.3, -0.25) is 4.79 Å². The van der Waals surface area contributed by atoms with Gasteiger partial charge in [-0.1, -0.05) is 96.8 Å². The Bertz CT molecular complexity index is 223. The van der Waals surface area contributed by atoms with Crippen LogP contribution >= 0.6 is 0 Å². The van der Waals surface area contributed by atoms with Crippen molar-refractivity contribution in [1.29, 1.82) is 0 Å². The zero-order valence-corrected chi connectivity index (χ0v) is 20.3. The average molecular weight is 392 g/mol. The van der Waals surface area contributed by atoms with Crippen LogP contribution in [0.25, 0.3) is 0 Å². The van der Waals surface area contributed by atoms with E-state index in [9.17, 15) is 4.79 Å². The first-order valence-electron chi connectivity index (χ1n) is 8.99. The molecule has 0 radical (unpaired) electrons. The van der Waals surface area contributed by atoms with Crippen molar-refractivity contribution < 1.29 is 32.2 Å². The summed E-state index contributed by atoms with van der Waals surface area (Å²) in [5.41, 5.74) is 0. The van der Waals surface area contributed by atoms with Crippen molar-refractivity contribution in [2.75, 3.05) is 0 Å². The Balaban J connectivity index is -0.000000301. The molecular formula is C18H38CaO2Zn. The summed E-state index contributed by atoms with van der Waals surface area (Å²) < 4.78 is 0. The molecule has 0 aliphatic rings. The molecule has 2 nitrogen and oxygen atoms in total. The molecule has 0 aromatic carbocycles. The molecule has 0 aromatic rings. The Morgan fingerprint density at radius 1 is 0.682 bits per heavy atom. The van der Waals surface area contributed by atoms with Gasteiger partial charge in [-0.05, 0) is 6.42 Å². The summed E-state index contributed by atoms with van der Waals surface area (Å²) >= 11 is 0. The Morgan fingerprint density at radius 3 is 1.23 bits per heavy atom. The van der Waals surface area contributed by atoms with Gasteiger partial charge in [0, 0.05) is 25.9 Å². The minimum atomic E-state index is -0.653. The zero-order chi connectivity index (χ0) is 14.9. The van der Waals surface area contributed by atoms with Crippen molar-refractivity contribution in [1.82, 2.24) is 0 Å². The SMILES string of the molecule is CCCCCCCCCCCCCCCCCC(=O)O.[Ca+2].[H-].[H-].[Zn]. The van der Waals surface area contributed by atoms with Gasteiger partial charge in [0.25, 0.3) is 0 Å². The monoisotopic (exact) mass is 390 g/mol. The molecule has 0 heterocycles. The van der Waals surface area contributed by atoms with Gasteiger partial charge in [0.1, 0.15) is 0 Å². The minimum absolute atomic E-state index is 0. The molecule has 0 saturated carbocycles. The largest absolute Gasteiger partial charge is 2.00 e. The second-order valence-electron chi connectivity index (χ2n) is 6.09. The molecule has 0 amide bonds. The third kappa shape index (κ3) is 26.3. The molecule has 0 atom stereocenters. The van der Waals surface area contributed by atoms with Crippen LogP contribution in [-0.2, 0) is 24.3 Å². The Kier molecular flexibility index (Phi) is 31.5. The van der Waals surface area contributed by atoms with Crippen LogP contribution in [0, 0.1) is 0 Å². The van der Waals surface area contributed by atoms with E-state index < -0.39 is 5.97 Å². The van der Waals surface area contributed by atoms with Crippen LogP contribution in [0.4, 0.5) is 0 Å². The molecule has 1 N–H and O–H groups in total. The molecule has 0 aliphatic carbocycles. The number of unbranched alkanes of at least 4 members (excludes halogenated alkanes) is 14. The number of rotatable bonds is 16. The number of hydrogen-bond acceptors (Lipinski definition) is 1. The smallest absolute Gasteiger partial charge is 1.00 e. The van der Waals surface area contributed by atoms with Crippen LogP contribution in [0.3, 0.4) is 0 Å². The number of aliphatic carboxylic acids is 1. The standard InChI is InChI=1S/C18H36O2.Ca.Zn.2H/c1-2-3-4-5-6-7-8-9-10-11-12-13-14-15-16-17-18(19)20;;;;/h2-17H2,1H3,(H,19,20);;;;/q;+2;;2*-1. The number of carboxylic acid groups (broad SMARTS) is 1. The quantitative estimate of drug-likeness (QED) is 0.252. The van der Waals surface area contributed by atoms with E-state index in [1.807, 2.05) is 0 Å². The van der Waals surface area contributed by atoms with Gasteiger partial charge in [0.05, 0.1) is 0 Å². The predicted octanol–water partition coefficient (Wildman–Crippen LogP) is 6.17. The summed E-state index contributed by atoms with van der Waals surface area (Å²) in [5.74, 6) is -0.653. The van der Waals surface area contributed by atoms with Crippen molar-refractivity contribution in [3.63, 3.8) is 0 Å². The maximum absolute atomic E-state index is 10.3. The molecule has 0 unspecified atom stereocenters. The van der Waals surface area contributed by atoms with E-state index in [0.717, 1.165) is 12.8 Å². The van der Waals surface area contributed by atoms with Gasteiger partial charge in [0.2, 0.25) is 0 Å². The molecule has 4 heteroatoms. The minimum Gasteiger partial charge on any atom is -1.00 e. The molecule has 22 heavy (non-hydrogen) atoms. The van der Waals surface area contributed by atoms with Gasteiger partial charge >= 0.3 is 43.7 Å². The molecule has 126 valence electrons. The molecular weight excluding hydrogens is 354 g/mol. The number of carboxylic acids is 1. The van der Waals surface area contributed by atoms with Gasteiger partial charge in [-0.25, -0.2) is 0 Å². The van der Waals surface area contributed by atoms with Crippen molar-refractivity contribution in [3.05, 3.63) is 0 Å². The van der Waals surface area contributed by atoms with Crippen molar-refractivity contribution in [2.24, 2.45) is 0 Å². The number of carbonyl (C=O) groups is 1. The van der Waals surface area contributed by atoms with E-state index in [1.54, 1.807) is 0 Å². The number of hydrogen-bond donors (Lipinski definition) is 1. The normalized spacial score (nSPS) is 9.86. The first-order valence-corrected chi connectivity index (χ1v) is 8.99. The van der Waals surface area contributed by atoms with E-state index in [4.69, 9.17) is 5.11 Å². The summed E-state index contributed by atoms with van der Waals surface area (Å²) in [5, 5.41) is 8.52. The van der Waals surface area contributed by atoms with Crippen LogP contribution in [0.2, 0.25) is 0 Å². The maximum atomic E-state index is 10.3. The van der Waals surface area contributed by atoms with Gasteiger partial charge < -0.3 is 7.96 Å². The molecule has 0 fully saturated rings. The third-order valence-electron chi connectivity index (χ3n) is 3.99. The second-order valence-corrected chi connectivity index (χ2v) is 6.09. The molecule has 0 rings (SSSR count). The van der Waals surface area contributed by atoms with Crippen LogP contribution in [0.1, 0.15) is 113 Å². The maximum Gasteiger partial charge on any atom is 2.00 e. The topological polar surface area (TPSA) is 37.3 Å². The average Bonchev–Trinajstić information content (AvgIpc) is 2.43. The molecule has 0 spiro atoms. The summed E-state index contributed by atoms with van der Waals surface area (Å²) in [6, 6.07) is 0. The van der Waals surface area contributed by atoms with E-state index in [-0.39, 0.29) is 60.1 Å². The van der Waals surface area contributed by atoms with E-state index in [2.05, 4.69) is 6.92 Å². The van der Waals surface area contributed by atoms with E-state index in [0.29, 0.717) is 6.42 Å². The summed E-state index contributed by atoms with van der Waals surface area (Å²) in [7, 11) is 0. The molecule has 0 aliphatic heterocycles. The fourth-order valence-corrected chi connectivity index (χ4v) is 2.65. The first kappa shape index (κ1) is 28.2. The Labute approximate surface area is 184 Å². The Morgan fingerprint density at radius 2 is 0.955 bits per heavy atom. The third-order valence-corrected chi connectivity index (χ3v) is 3.99. The molecule has 0 aromatic heterocycles. The van der Waals surface area contributed by atoms with Crippen molar-refractivity contribution in [3.8, 4) is 0 Å². The molecule has 0 bridgehead atoms. The van der Waals surface area contributed by atoms with Crippen LogP contribution in [0.5, 0.6) is 0 Å². The van der Waals surface area contributed by atoms with Crippen LogP contribution in [-0.4, -0.2) is 48.8 Å². The summed E-state index contributed by atoms with van der Waals surface area (Å²) in [6.07, 6.45) is 20.2. The van der Waals surface area contributed by atoms with Crippen LogP contribution in [0.15, 0.2) is 0 Å². The first-order chi connectivity index (χ1) is 9.77. The predicted molar refractivity (Wildman–Crippen MR) is 95.2 cm³/mol. The van der Waals surface area contributed by atoms with Gasteiger partial charge in [0.15, 0.2) is 0 Å². The van der Waals surface area contributed by atoms with Gasteiger partial charge in [-0.2, -0.15) is 0 Å². The van der Waals surface area contributed by atoms with Crippen molar-refractivity contribution in [2.45, 2.75) is 110 Å². The van der Waals surface area contributed by atoms with E-state index >= 15 is 0 Å². The zero-order valence-electron chi connectivity index (χ0n) is 17.1. The van der Waals surface area contributed by atoms with E-state index in [1.165, 1.54) is 83.5 Å². The second kappa shape index (κ2) is 24.6. The molecule has 0 saturated heterocycles. The summed E-state index contributed by atoms with van der Waals surface area (Å²) in [4.78, 5) is 10.3. The van der Waals surface area contributed by atoms with Crippen molar-refractivity contribution >= 4 is 43.7 Å². The van der Waals surface area contributed by atoms with Crippen LogP contribution < -0.4 is 0 Å². The Hall–Kier alpha value is 1.35.